The van der Waals surface area contributed by atoms with Gasteiger partial charge in [-0.2, -0.15) is 7.82 Å². The number of aliphatic hydroxyl groups excluding tert-OH is 2. The van der Waals surface area contributed by atoms with Crippen LogP contribution in [0.1, 0.15) is 0 Å². The zero-order chi connectivity index (χ0) is 12.8. The second-order valence-corrected chi connectivity index (χ2v) is 2.91. The second-order valence-electron chi connectivity index (χ2n) is 2.01. The lowest BCUT2D eigenvalue weighted by molar-refractivity contribution is -0.432. The molecule has 0 aromatic carbocycles. The molecule has 0 aliphatic rings. The molecule has 2 unspecified atom stereocenters. The average Bonchev–Trinajstić information content (AvgIpc) is 1.98. The van der Waals surface area contributed by atoms with E-state index in [4.69, 9.17) is 39.7 Å². The zero-order valence-electron chi connectivity index (χ0n) is 9.84. The minimum Gasteiger partial charge on any atom is -0.822 e. The first-order valence-electron chi connectivity index (χ1n) is 3.01. The molecule has 0 spiro atoms. The summed E-state index contributed by atoms with van der Waals surface area (Å²) in [5.74, 6) is -3.54. The molecule has 14 heteroatoms. The first-order chi connectivity index (χ1) is 6.46. The molecule has 16 N–H and O–H groups in total. The number of hydrogen-bond donors (Lipinski definition) is 7. The third kappa shape index (κ3) is 24.2. The minimum atomic E-state index is -5.39. The van der Waals surface area contributed by atoms with Crippen molar-refractivity contribution >= 4 is 19.8 Å². The van der Waals surface area contributed by atoms with Gasteiger partial charge in [0.05, 0.1) is 0 Å². The van der Waals surface area contributed by atoms with Crippen molar-refractivity contribution in [2.75, 3.05) is 0 Å². The molecular weight excluding hydrogens is 281 g/mol. The topological polar surface area (TPSA) is 311 Å². The fourth-order valence-electron chi connectivity index (χ4n) is 0.270. The van der Waals surface area contributed by atoms with Crippen LogP contribution in [0.4, 0.5) is 0 Å². The van der Waals surface area contributed by atoms with E-state index >= 15 is 0 Å². The molecule has 0 saturated carbocycles. The van der Waals surface area contributed by atoms with Gasteiger partial charge < -0.3 is 58.1 Å². The first-order valence-corrected chi connectivity index (χ1v) is 4.47. The molecule has 0 heterocycles. The largest absolute Gasteiger partial charge is 0.822 e. The van der Waals surface area contributed by atoms with Gasteiger partial charge in [0.25, 0.3) is 0 Å². The normalized spacial score (nSPS) is 12.1. The number of aliphatic carboxylic acids is 2. The van der Waals surface area contributed by atoms with Gasteiger partial charge in [-0.3, -0.25) is 0 Å². The van der Waals surface area contributed by atoms with Crippen molar-refractivity contribution in [1.82, 2.24) is 18.5 Å². The smallest absolute Gasteiger partial charge is 0.335 e. The van der Waals surface area contributed by atoms with Crippen LogP contribution in [0.3, 0.4) is 0 Å². The Hall–Kier alpha value is -1.15. The number of phosphoric acid groups is 1. The molecule has 13 nitrogen and oxygen atoms in total. The predicted molar refractivity (Wildman–Crippen MR) is 52.8 cm³/mol. The number of carbonyl (C=O) groups is 2. The maximum Gasteiger partial charge on any atom is 0.335 e. The van der Waals surface area contributed by atoms with E-state index in [1.165, 1.54) is 0 Å². The summed E-state index contributed by atoms with van der Waals surface area (Å²) in [5, 5.41) is 32.5. The van der Waals surface area contributed by atoms with Crippen LogP contribution in [0.5, 0.6) is 0 Å². The number of rotatable bonds is 3. The van der Waals surface area contributed by atoms with E-state index in [0.717, 1.165) is 0 Å². The van der Waals surface area contributed by atoms with Gasteiger partial charge in [-0.1, -0.05) is 0 Å². The standard InChI is InChI=1S/C4H6O6.3H3N.H3O4P/c5-1(3(7)8)2(6)4(9)10;;;;1-5(2,3)4/h1-2,5-6H,(H,7,8)(H,9,10);3*1H3;(H3,1,2,3,4). The summed E-state index contributed by atoms with van der Waals surface area (Å²) in [6.07, 6.45) is -4.53. The van der Waals surface area contributed by atoms with E-state index in [1.807, 2.05) is 0 Å². The van der Waals surface area contributed by atoms with Gasteiger partial charge in [0.2, 0.25) is 0 Å². The Labute approximate surface area is 101 Å². The Morgan fingerprint density at radius 1 is 0.833 bits per heavy atom. The number of quaternary nitrogens is 3. The molecule has 0 saturated heterocycles. The second kappa shape index (κ2) is 12.3. The summed E-state index contributed by atoms with van der Waals surface area (Å²) >= 11 is 0. The SMILES string of the molecule is O=C(O)C(O)C(O)C(=O)O.O=P([O-])([O-])[O-].[NH4+].[NH4+].[NH4+]. The summed E-state index contributed by atoms with van der Waals surface area (Å²) < 4.78 is 8.55. The molecule has 0 fully saturated rings. The van der Waals surface area contributed by atoms with Crippen LogP contribution in [-0.2, 0) is 14.2 Å². The number of hydrogen-bond acceptors (Lipinski definition) is 8. The molecule has 0 amide bonds. The Morgan fingerprint density at radius 2 is 0.944 bits per heavy atom. The van der Waals surface area contributed by atoms with Gasteiger partial charge >= 0.3 is 11.9 Å². The van der Waals surface area contributed by atoms with E-state index in [0.29, 0.717) is 0 Å². The van der Waals surface area contributed by atoms with Crippen molar-refractivity contribution in [3.8, 4) is 0 Å². The van der Waals surface area contributed by atoms with Crippen molar-refractivity contribution in [3.63, 3.8) is 0 Å². The van der Waals surface area contributed by atoms with Crippen molar-refractivity contribution in [2.45, 2.75) is 12.2 Å². The molecule has 0 aliphatic carbocycles. The van der Waals surface area contributed by atoms with Crippen LogP contribution in [-0.4, -0.2) is 44.6 Å². The van der Waals surface area contributed by atoms with Crippen LogP contribution >= 0.6 is 7.82 Å². The Morgan fingerprint density at radius 3 is 1.00 bits per heavy atom. The number of carboxylic acids is 2. The van der Waals surface area contributed by atoms with E-state index in [-0.39, 0.29) is 18.5 Å². The Bertz CT molecular complexity index is 252. The number of aliphatic hydroxyl groups is 2. The maximum absolute atomic E-state index is 9.77. The third-order valence-electron chi connectivity index (χ3n) is 0.805. The minimum absolute atomic E-state index is 0. The fourth-order valence-corrected chi connectivity index (χ4v) is 0.270. The highest BCUT2D eigenvalue weighted by Crippen LogP contribution is 2.03. The van der Waals surface area contributed by atoms with E-state index < -0.39 is 32.0 Å². The van der Waals surface area contributed by atoms with Gasteiger partial charge in [-0.05, 0) is 0 Å². The van der Waals surface area contributed by atoms with Crippen molar-refractivity contribution in [2.24, 2.45) is 0 Å². The zero-order valence-corrected chi connectivity index (χ0v) is 10.7. The predicted octanol–water partition coefficient (Wildman–Crippen LogP) is -3.82. The fraction of sp³-hybridized carbons (Fsp3) is 0.500. The lowest BCUT2D eigenvalue weighted by Gasteiger charge is -2.36. The van der Waals surface area contributed by atoms with Crippen LogP contribution in [0.25, 0.3) is 0 Å². The summed E-state index contributed by atoms with van der Waals surface area (Å²) in [4.78, 5) is 45.2. The van der Waals surface area contributed by atoms with Gasteiger partial charge in [0.15, 0.2) is 12.2 Å². The highest BCUT2D eigenvalue weighted by Gasteiger charge is 2.29. The lowest BCUT2D eigenvalue weighted by atomic mass is 10.2. The van der Waals surface area contributed by atoms with Crippen LogP contribution < -0.4 is 33.1 Å². The van der Waals surface area contributed by atoms with Gasteiger partial charge in [-0.25, -0.2) is 9.59 Å². The van der Waals surface area contributed by atoms with E-state index in [2.05, 4.69) is 0 Å². The van der Waals surface area contributed by atoms with E-state index in [9.17, 15) is 9.59 Å². The molecule has 2 atom stereocenters. The van der Waals surface area contributed by atoms with Crippen LogP contribution in [0.15, 0.2) is 0 Å². The first kappa shape index (κ1) is 30.1. The lowest BCUT2D eigenvalue weighted by Crippen LogP contribution is -2.39. The average molecular weight is 299 g/mol. The maximum atomic E-state index is 9.77. The monoisotopic (exact) mass is 299 g/mol. The summed E-state index contributed by atoms with van der Waals surface area (Å²) in [7, 11) is -5.39. The van der Waals surface area contributed by atoms with Crippen molar-refractivity contribution < 1.29 is 49.3 Å². The Kier molecular flexibility index (Phi) is 20.6. The van der Waals surface area contributed by atoms with Crippen molar-refractivity contribution in [1.29, 1.82) is 0 Å². The quantitative estimate of drug-likeness (QED) is 0.249. The summed E-state index contributed by atoms with van der Waals surface area (Å²) in [6.45, 7) is 0. The molecule has 0 aromatic heterocycles. The van der Waals surface area contributed by atoms with Crippen molar-refractivity contribution in [3.05, 3.63) is 0 Å². The molecule has 18 heavy (non-hydrogen) atoms. The highest BCUT2D eigenvalue weighted by molar-refractivity contribution is 7.40. The summed E-state index contributed by atoms with van der Waals surface area (Å²) in [6, 6.07) is 0. The van der Waals surface area contributed by atoms with Gasteiger partial charge in [-0.15, -0.1) is 0 Å². The highest BCUT2D eigenvalue weighted by atomic mass is 31.2. The molecule has 114 valence electrons. The van der Waals surface area contributed by atoms with Crippen LogP contribution in [0, 0.1) is 0 Å². The number of carboxylic acid groups (broad SMARTS) is 2. The molecule has 0 radical (unpaired) electrons. The van der Waals surface area contributed by atoms with E-state index in [1.54, 1.807) is 0 Å². The molecule has 0 aromatic rings. The Balaban J connectivity index is -0.0000000621. The molecule has 0 bridgehead atoms. The molecular formula is C4H18N3O10P. The molecule has 0 aliphatic heterocycles. The van der Waals surface area contributed by atoms with Gasteiger partial charge in [0.1, 0.15) is 0 Å². The summed E-state index contributed by atoms with van der Waals surface area (Å²) in [5.41, 5.74) is 0. The van der Waals surface area contributed by atoms with Gasteiger partial charge in [0, 0.05) is 0 Å². The van der Waals surface area contributed by atoms with Crippen LogP contribution in [0.2, 0.25) is 0 Å². The third-order valence-corrected chi connectivity index (χ3v) is 0.805. The molecule has 0 rings (SSSR count).